The van der Waals surface area contributed by atoms with Gasteiger partial charge in [0.2, 0.25) is 0 Å². The van der Waals surface area contributed by atoms with Crippen LogP contribution in [0.25, 0.3) is 10.8 Å². The third-order valence-corrected chi connectivity index (χ3v) is 7.14. The maximum absolute atomic E-state index is 15.1. The Balaban J connectivity index is 1.35. The number of amides is 1. The molecular formula is C29H25FN6O2. The van der Waals surface area contributed by atoms with Crippen LogP contribution in [0.15, 0.2) is 77.6 Å². The van der Waals surface area contributed by atoms with E-state index in [0.29, 0.717) is 42.8 Å². The Kier molecular flexibility index (Phi) is 6.03. The zero-order valence-corrected chi connectivity index (χ0v) is 20.8. The number of aromatic amines is 1. The van der Waals surface area contributed by atoms with Crippen LogP contribution in [0.4, 0.5) is 4.39 Å². The summed E-state index contributed by atoms with van der Waals surface area (Å²) in [7, 11) is 0. The Labute approximate surface area is 217 Å². The summed E-state index contributed by atoms with van der Waals surface area (Å²) >= 11 is 0. The number of benzene rings is 3. The average Bonchev–Trinajstić information content (AvgIpc) is 3.33. The highest BCUT2D eigenvalue weighted by molar-refractivity contribution is 5.95. The van der Waals surface area contributed by atoms with Crippen molar-refractivity contribution in [3.05, 3.63) is 123 Å². The number of H-pyrrole nitrogens is 1. The normalized spacial score (nSPS) is 15.0. The number of halogens is 1. The molecule has 38 heavy (non-hydrogen) atoms. The number of aromatic nitrogens is 5. The number of nitrogens with one attached hydrogen (secondary N) is 1. The SMILES string of the molecule is Cc1nnc2n1CCN(C(=O)c1cc(Cc3n[nH]c(=O)c4ccccc34)ccc1F)C2Cc1ccccc1. The fraction of sp³-hybridized carbons (Fsp3) is 0.207. The molecule has 2 aromatic heterocycles. The summed E-state index contributed by atoms with van der Waals surface area (Å²) in [5, 5.41) is 16.6. The summed E-state index contributed by atoms with van der Waals surface area (Å²) in [5.41, 5.74) is 2.15. The molecule has 6 rings (SSSR count). The van der Waals surface area contributed by atoms with Gasteiger partial charge in [-0.1, -0.05) is 54.6 Å². The van der Waals surface area contributed by atoms with Gasteiger partial charge in [-0.25, -0.2) is 9.49 Å². The molecule has 1 atom stereocenters. The Hall–Kier alpha value is -4.66. The molecule has 1 aliphatic heterocycles. The third kappa shape index (κ3) is 4.26. The summed E-state index contributed by atoms with van der Waals surface area (Å²) in [6.07, 6.45) is 0.873. The minimum absolute atomic E-state index is 0.000945. The van der Waals surface area contributed by atoms with Gasteiger partial charge in [0.1, 0.15) is 11.6 Å². The molecule has 0 saturated heterocycles. The minimum atomic E-state index is -0.584. The van der Waals surface area contributed by atoms with Crippen LogP contribution in [0.3, 0.4) is 0 Å². The van der Waals surface area contributed by atoms with E-state index in [-0.39, 0.29) is 17.2 Å². The average molecular weight is 509 g/mol. The highest BCUT2D eigenvalue weighted by atomic mass is 19.1. The van der Waals surface area contributed by atoms with Crippen LogP contribution < -0.4 is 5.56 Å². The molecule has 3 aromatic carbocycles. The lowest BCUT2D eigenvalue weighted by atomic mass is 9.99. The van der Waals surface area contributed by atoms with Gasteiger partial charge < -0.3 is 9.47 Å². The molecule has 0 bridgehead atoms. The number of hydrogen-bond donors (Lipinski definition) is 1. The lowest BCUT2D eigenvalue weighted by Gasteiger charge is -2.36. The van der Waals surface area contributed by atoms with Gasteiger partial charge in [-0.05, 0) is 36.2 Å². The number of fused-ring (bicyclic) bond motifs is 2. The molecule has 1 aliphatic rings. The Morgan fingerprint density at radius 3 is 2.55 bits per heavy atom. The second-order valence-corrected chi connectivity index (χ2v) is 9.50. The summed E-state index contributed by atoms with van der Waals surface area (Å²) < 4.78 is 17.2. The standard InChI is InChI=1S/C29H25FN6O2/c1-18-31-33-27-26(17-19-7-3-2-4-8-19)36(14-13-35(18)27)29(38)23-15-20(11-12-24(23)30)16-25-21-9-5-6-10-22(21)28(37)34-32-25/h2-12,15,26H,13-14,16-17H2,1H3,(H,34,37). The Morgan fingerprint density at radius 1 is 0.974 bits per heavy atom. The fourth-order valence-electron chi connectivity index (χ4n) is 5.21. The molecule has 0 fully saturated rings. The van der Waals surface area contributed by atoms with Crippen LogP contribution in [0.1, 0.15) is 44.9 Å². The van der Waals surface area contributed by atoms with Crippen LogP contribution in [0.2, 0.25) is 0 Å². The van der Waals surface area contributed by atoms with Gasteiger partial charge in [-0.2, -0.15) is 5.10 Å². The summed E-state index contributed by atoms with van der Waals surface area (Å²) in [6, 6.07) is 21.3. The van der Waals surface area contributed by atoms with Gasteiger partial charge in [0.05, 0.1) is 22.7 Å². The third-order valence-electron chi connectivity index (χ3n) is 7.14. The molecule has 8 nitrogen and oxygen atoms in total. The van der Waals surface area contributed by atoms with Crippen molar-refractivity contribution in [2.24, 2.45) is 0 Å². The molecule has 0 saturated carbocycles. The molecular weight excluding hydrogens is 483 g/mol. The van der Waals surface area contributed by atoms with E-state index >= 15 is 4.39 Å². The van der Waals surface area contributed by atoms with E-state index in [4.69, 9.17) is 0 Å². The molecule has 0 aliphatic carbocycles. The molecule has 9 heteroatoms. The van der Waals surface area contributed by atoms with Crippen molar-refractivity contribution in [1.82, 2.24) is 29.9 Å². The van der Waals surface area contributed by atoms with E-state index in [9.17, 15) is 9.59 Å². The van der Waals surface area contributed by atoms with Gasteiger partial charge >= 0.3 is 0 Å². The molecule has 1 amide bonds. The quantitative estimate of drug-likeness (QED) is 0.387. The second-order valence-electron chi connectivity index (χ2n) is 9.50. The number of carbonyl (C=O) groups is 1. The summed E-state index contributed by atoms with van der Waals surface area (Å²) in [6.45, 7) is 2.85. The van der Waals surface area contributed by atoms with Gasteiger partial charge in [0.15, 0.2) is 5.82 Å². The van der Waals surface area contributed by atoms with Crippen LogP contribution in [-0.4, -0.2) is 42.3 Å². The van der Waals surface area contributed by atoms with Crippen LogP contribution in [-0.2, 0) is 19.4 Å². The van der Waals surface area contributed by atoms with Gasteiger partial charge in [-0.15, -0.1) is 10.2 Å². The predicted molar refractivity (Wildman–Crippen MR) is 140 cm³/mol. The van der Waals surface area contributed by atoms with E-state index in [1.165, 1.54) is 6.07 Å². The fourth-order valence-corrected chi connectivity index (χ4v) is 5.21. The molecule has 3 heterocycles. The number of rotatable bonds is 5. The van der Waals surface area contributed by atoms with Crippen molar-refractivity contribution >= 4 is 16.7 Å². The maximum atomic E-state index is 15.1. The molecule has 0 radical (unpaired) electrons. The smallest absolute Gasteiger partial charge is 0.272 e. The minimum Gasteiger partial charge on any atom is -0.326 e. The maximum Gasteiger partial charge on any atom is 0.272 e. The predicted octanol–water partition coefficient (Wildman–Crippen LogP) is 3.99. The number of aryl methyl sites for hydroxylation is 1. The Morgan fingerprint density at radius 2 is 1.74 bits per heavy atom. The summed E-state index contributed by atoms with van der Waals surface area (Å²) in [4.78, 5) is 27.7. The number of hydrogen-bond acceptors (Lipinski definition) is 5. The first-order chi connectivity index (χ1) is 18.5. The van der Waals surface area contributed by atoms with Gasteiger partial charge in [-0.3, -0.25) is 9.59 Å². The van der Waals surface area contributed by atoms with Crippen LogP contribution in [0, 0.1) is 12.7 Å². The monoisotopic (exact) mass is 508 g/mol. The molecule has 1 unspecified atom stereocenters. The highest BCUT2D eigenvalue weighted by Crippen LogP contribution is 2.31. The zero-order valence-electron chi connectivity index (χ0n) is 20.8. The van der Waals surface area contributed by atoms with Crippen molar-refractivity contribution in [2.75, 3.05) is 6.54 Å². The molecule has 190 valence electrons. The van der Waals surface area contributed by atoms with Crippen LogP contribution in [0.5, 0.6) is 0 Å². The van der Waals surface area contributed by atoms with Crippen molar-refractivity contribution in [2.45, 2.75) is 32.4 Å². The number of nitrogens with zero attached hydrogens (tertiary/aromatic N) is 5. The van der Waals surface area contributed by atoms with E-state index in [1.807, 2.05) is 54.0 Å². The Bertz CT molecular complexity index is 1710. The first-order valence-corrected chi connectivity index (χ1v) is 12.5. The molecule has 0 spiro atoms. The van der Waals surface area contributed by atoms with E-state index in [1.54, 1.807) is 29.2 Å². The van der Waals surface area contributed by atoms with E-state index in [0.717, 1.165) is 22.3 Å². The van der Waals surface area contributed by atoms with Crippen molar-refractivity contribution in [3.63, 3.8) is 0 Å². The second kappa shape index (κ2) is 9.66. The van der Waals surface area contributed by atoms with Crippen molar-refractivity contribution in [1.29, 1.82) is 0 Å². The largest absolute Gasteiger partial charge is 0.326 e. The lowest BCUT2D eigenvalue weighted by molar-refractivity contribution is 0.0610. The number of carbonyl (C=O) groups excluding carboxylic acids is 1. The van der Waals surface area contributed by atoms with E-state index < -0.39 is 11.7 Å². The first-order valence-electron chi connectivity index (χ1n) is 12.5. The topological polar surface area (TPSA) is 96.8 Å². The molecule has 5 aromatic rings. The van der Waals surface area contributed by atoms with Gasteiger partial charge in [0.25, 0.3) is 11.5 Å². The highest BCUT2D eigenvalue weighted by Gasteiger charge is 2.35. The van der Waals surface area contributed by atoms with Crippen LogP contribution >= 0.6 is 0 Å². The lowest BCUT2D eigenvalue weighted by Crippen LogP contribution is -2.43. The van der Waals surface area contributed by atoms with Crippen molar-refractivity contribution in [3.8, 4) is 0 Å². The zero-order chi connectivity index (χ0) is 26.2. The van der Waals surface area contributed by atoms with Crippen molar-refractivity contribution < 1.29 is 9.18 Å². The van der Waals surface area contributed by atoms with E-state index in [2.05, 4.69) is 20.4 Å². The summed E-state index contributed by atoms with van der Waals surface area (Å²) in [5.74, 6) is 0.515. The molecule has 1 N–H and O–H groups in total. The van der Waals surface area contributed by atoms with Gasteiger partial charge in [0, 0.05) is 31.3 Å². The first kappa shape index (κ1) is 23.7.